The molecule has 1 amide bonds. The normalized spacial score (nSPS) is 16.6. The zero-order valence-electron chi connectivity index (χ0n) is 14.8. The first-order chi connectivity index (χ1) is 13.2. The summed E-state index contributed by atoms with van der Waals surface area (Å²) in [5.74, 6) is -0.330. The van der Waals surface area contributed by atoms with Gasteiger partial charge in [0.1, 0.15) is 6.26 Å². The number of carbonyl (C=O) groups is 1. The number of fused-ring (bicyclic) bond motifs is 1. The molecular formula is C20H20FN3O3. The number of amides is 1. The first-order valence-corrected chi connectivity index (χ1v) is 8.89. The molecule has 0 fully saturated rings. The fourth-order valence-corrected chi connectivity index (χ4v) is 3.38. The van der Waals surface area contributed by atoms with Crippen molar-refractivity contribution in [3.05, 3.63) is 72.3 Å². The van der Waals surface area contributed by atoms with Gasteiger partial charge in [0.05, 0.1) is 25.0 Å². The quantitative estimate of drug-likeness (QED) is 0.692. The van der Waals surface area contributed by atoms with Gasteiger partial charge in [-0.2, -0.15) is 0 Å². The van der Waals surface area contributed by atoms with Crippen LogP contribution in [0.25, 0.3) is 0 Å². The SMILES string of the molecule is O=C(c1ccoc1)N1Cc2cccn2C[C@@H](CCOc2ncccc2F)C1. The number of ether oxygens (including phenoxy) is 1. The van der Waals surface area contributed by atoms with E-state index in [2.05, 4.69) is 9.55 Å². The second kappa shape index (κ2) is 7.65. The second-order valence-corrected chi connectivity index (χ2v) is 6.64. The topological polar surface area (TPSA) is 60.5 Å². The molecule has 1 aliphatic rings. The lowest BCUT2D eigenvalue weighted by molar-refractivity contribution is 0.0711. The Hall–Kier alpha value is -3.09. The number of nitrogens with zero attached hydrogens (tertiary/aromatic N) is 3. The van der Waals surface area contributed by atoms with Crippen LogP contribution in [0.15, 0.2) is 59.7 Å². The van der Waals surface area contributed by atoms with E-state index in [0.29, 0.717) is 31.7 Å². The minimum absolute atomic E-state index is 0.0131. The molecule has 0 aliphatic carbocycles. The highest BCUT2D eigenvalue weighted by Crippen LogP contribution is 2.22. The number of halogens is 1. The average Bonchev–Trinajstić information content (AvgIpc) is 3.32. The molecule has 0 N–H and O–H groups in total. The van der Waals surface area contributed by atoms with Crippen LogP contribution in [0.1, 0.15) is 22.5 Å². The van der Waals surface area contributed by atoms with E-state index in [1.807, 2.05) is 23.2 Å². The zero-order valence-corrected chi connectivity index (χ0v) is 14.8. The average molecular weight is 369 g/mol. The van der Waals surface area contributed by atoms with Gasteiger partial charge < -0.3 is 18.6 Å². The number of carbonyl (C=O) groups excluding carboxylic acids is 1. The van der Waals surface area contributed by atoms with Crippen LogP contribution in [-0.4, -0.2) is 33.5 Å². The Morgan fingerprint density at radius 2 is 2.22 bits per heavy atom. The molecule has 3 aromatic heterocycles. The Morgan fingerprint density at radius 3 is 3.04 bits per heavy atom. The van der Waals surface area contributed by atoms with Crippen molar-refractivity contribution in [2.75, 3.05) is 13.2 Å². The van der Waals surface area contributed by atoms with Gasteiger partial charge in [-0.15, -0.1) is 0 Å². The van der Waals surface area contributed by atoms with Crippen molar-refractivity contribution in [2.45, 2.75) is 19.5 Å². The van der Waals surface area contributed by atoms with Gasteiger partial charge in [-0.1, -0.05) is 0 Å². The molecule has 1 aliphatic heterocycles. The summed E-state index contributed by atoms with van der Waals surface area (Å²) in [5.41, 5.74) is 1.63. The van der Waals surface area contributed by atoms with Crippen LogP contribution in [0.5, 0.6) is 5.88 Å². The lowest BCUT2D eigenvalue weighted by Crippen LogP contribution is -2.34. The smallest absolute Gasteiger partial charge is 0.257 e. The molecule has 140 valence electrons. The van der Waals surface area contributed by atoms with E-state index in [4.69, 9.17) is 9.15 Å². The van der Waals surface area contributed by atoms with Crippen LogP contribution >= 0.6 is 0 Å². The summed E-state index contributed by atoms with van der Waals surface area (Å²) in [6.45, 7) is 2.26. The third kappa shape index (κ3) is 3.86. The summed E-state index contributed by atoms with van der Waals surface area (Å²) in [7, 11) is 0. The Labute approximate surface area is 156 Å². The summed E-state index contributed by atoms with van der Waals surface area (Å²) < 4.78 is 26.4. The van der Waals surface area contributed by atoms with Crippen molar-refractivity contribution in [2.24, 2.45) is 5.92 Å². The van der Waals surface area contributed by atoms with Crippen molar-refractivity contribution < 1.29 is 18.3 Å². The van der Waals surface area contributed by atoms with E-state index < -0.39 is 5.82 Å². The minimum atomic E-state index is -0.470. The van der Waals surface area contributed by atoms with E-state index in [1.54, 1.807) is 6.07 Å². The summed E-state index contributed by atoms with van der Waals surface area (Å²) in [6, 6.07) is 8.54. The summed E-state index contributed by atoms with van der Waals surface area (Å²) in [4.78, 5) is 18.5. The van der Waals surface area contributed by atoms with Crippen LogP contribution < -0.4 is 4.74 Å². The fourth-order valence-electron chi connectivity index (χ4n) is 3.38. The van der Waals surface area contributed by atoms with Gasteiger partial charge in [0, 0.05) is 31.2 Å². The van der Waals surface area contributed by atoms with Crippen LogP contribution in [0.4, 0.5) is 4.39 Å². The largest absolute Gasteiger partial charge is 0.476 e. The zero-order chi connectivity index (χ0) is 18.6. The molecule has 0 unspecified atom stereocenters. The van der Waals surface area contributed by atoms with Gasteiger partial charge in [-0.3, -0.25) is 4.79 Å². The number of pyridine rings is 1. The molecular weight excluding hydrogens is 349 g/mol. The fraction of sp³-hybridized carbons (Fsp3) is 0.300. The predicted octanol–water partition coefficient (Wildman–Crippen LogP) is 3.36. The number of aromatic nitrogens is 2. The van der Waals surface area contributed by atoms with E-state index in [0.717, 1.165) is 12.2 Å². The molecule has 0 bridgehead atoms. The second-order valence-electron chi connectivity index (χ2n) is 6.64. The molecule has 0 saturated heterocycles. The molecule has 27 heavy (non-hydrogen) atoms. The Bertz CT molecular complexity index is 907. The highest BCUT2D eigenvalue weighted by atomic mass is 19.1. The molecule has 0 spiro atoms. The molecule has 0 aromatic carbocycles. The van der Waals surface area contributed by atoms with Crippen molar-refractivity contribution >= 4 is 5.91 Å². The van der Waals surface area contributed by atoms with Crippen molar-refractivity contribution in [3.8, 4) is 5.88 Å². The van der Waals surface area contributed by atoms with E-state index in [-0.39, 0.29) is 17.7 Å². The van der Waals surface area contributed by atoms with E-state index >= 15 is 0 Å². The Morgan fingerprint density at radius 1 is 1.30 bits per heavy atom. The molecule has 7 heteroatoms. The predicted molar refractivity (Wildman–Crippen MR) is 95.7 cm³/mol. The summed E-state index contributed by atoms with van der Waals surface area (Å²) in [6.07, 6.45) is 7.17. The maximum atomic E-state index is 13.6. The van der Waals surface area contributed by atoms with Gasteiger partial charge >= 0.3 is 0 Å². The van der Waals surface area contributed by atoms with Crippen LogP contribution in [0.3, 0.4) is 0 Å². The van der Waals surface area contributed by atoms with Crippen molar-refractivity contribution in [1.29, 1.82) is 0 Å². The molecule has 3 aromatic rings. The molecule has 0 saturated carbocycles. The van der Waals surface area contributed by atoms with Crippen LogP contribution in [-0.2, 0) is 13.1 Å². The monoisotopic (exact) mass is 369 g/mol. The minimum Gasteiger partial charge on any atom is -0.476 e. The van der Waals surface area contributed by atoms with Crippen molar-refractivity contribution in [3.63, 3.8) is 0 Å². The maximum absolute atomic E-state index is 13.6. The first kappa shape index (κ1) is 17.3. The third-order valence-corrected chi connectivity index (χ3v) is 4.75. The van der Waals surface area contributed by atoms with Gasteiger partial charge in [-0.25, -0.2) is 9.37 Å². The number of hydrogen-bond acceptors (Lipinski definition) is 4. The third-order valence-electron chi connectivity index (χ3n) is 4.75. The molecule has 4 heterocycles. The highest BCUT2D eigenvalue weighted by molar-refractivity contribution is 5.93. The highest BCUT2D eigenvalue weighted by Gasteiger charge is 2.26. The summed E-state index contributed by atoms with van der Waals surface area (Å²) >= 11 is 0. The van der Waals surface area contributed by atoms with Gasteiger partial charge in [0.2, 0.25) is 5.88 Å². The van der Waals surface area contributed by atoms with Gasteiger partial charge in [0.25, 0.3) is 5.91 Å². The van der Waals surface area contributed by atoms with Crippen molar-refractivity contribution in [1.82, 2.24) is 14.5 Å². The van der Waals surface area contributed by atoms with Gasteiger partial charge in [0.15, 0.2) is 5.82 Å². The lowest BCUT2D eigenvalue weighted by Gasteiger charge is -2.23. The number of furan rings is 1. The summed E-state index contributed by atoms with van der Waals surface area (Å²) in [5, 5.41) is 0. The van der Waals surface area contributed by atoms with Crippen LogP contribution in [0, 0.1) is 11.7 Å². The van der Waals surface area contributed by atoms with E-state index in [9.17, 15) is 9.18 Å². The first-order valence-electron chi connectivity index (χ1n) is 8.89. The molecule has 1 atom stereocenters. The molecule has 6 nitrogen and oxygen atoms in total. The van der Waals surface area contributed by atoms with Crippen LogP contribution in [0.2, 0.25) is 0 Å². The van der Waals surface area contributed by atoms with Gasteiger partial charge in [-0.05, 0) is 42.7 Å². The Balaban J connectivity index is 1.45. The standard InChI is InChI=1S/C20H20FN3O3/c21-18-4-1-7-22-19(18)27-10-5-15-11-23-8-2-3-17(23)13-24(12-15)20(25)16-6-9-26-14-16/h1-4,6-9,14-15H,5,10-13H2/t15-/m1/s1. The lowest BCUT2D eigenvalue weighted by atomic mass is 10.1. The number of rotatable bonds is 5. The Kier molecular flexibility index (Phi) is 4.91. The number of hydrogen-bond donors (Lipinski definition) is 0. The van der Waals surface area contributed by atoms with E-state index in [1.165, 1.54) is 30.9 Å². The molecule has 4 rings (SSSR count). The maximum Gasteiger partial charge on any atom is 0.257 e. The molecule has 0 radical (unpaired) electrons.